The van der Waals surface area contributed by atoms with E-state index in [0.717, 1.165) is 12.1 Å². The van der Waals surface area contributed by atoms with Crippen molar-refractivity contribution in [2.24, 2.45) is 0 Å². The number of benzene rings is 1. The van der Waals surface area contributed by atoms with Crippen molar-refractivity contribution in [3.63, 3.8) is 0 Å². The Bertz CT molecular complexity index is 529. The summed E-state index contributed by atoms with van der Waals surface area (Å²) in [5, 5.41) is 18.7. The van der Waals surface area contributed by atoms with Crippen LogP contribution in [0.4, 0.5) is 13.2 Å². The number of hydrogen-bond acceptors (Lipinski definition) is 3. The normalized spacial score (nSPS) is 23.0. The maximum absolute atomic E-state index is 12.4. The molecule has 0 unspecified atom stereocenters. The molecule has 7 heteroatoms. The summed E-state index contributed by atoms with van der Waals surface area (Å²) in [5.74, 6) is -0.412. The van der Waals surface area contributed by atoms with Crippen LogP contribution in [-0.2, 0) is 11.0 Å². The molecule has 1 aliphatic rings. The van der Waals surface area contributed by atoms with Gasteiger partial charge in [-0.05, 0) is 23.8 Å². The lowest BCUT2D eigenvalue weighted by atomic mass is 10.1. The molecule has 2 atom stereocenters. The van der Waals surface area contributed by atoms with Crippen molar-refractivity contribution in [3.05, 3.63) is 41.5 Å². The fraction of sp³-hybridized carbons (Fsp3) is 0.357. The molecule has 1 aromatic rings. The van der Waals surface area contributed by atoms with Crippen LogP contribution in [-0.4, -0.2) is 46.3 Å². The van der Waals surface area contributed by atoms with E-state index in [4.69, 9.17) is 0 Å². The summed E-state index contributed by atoms with van der Waals surface area (Å²) in [6.07, 6.45) is -3.73. The molecule has 1 aromatic carbocycles. The van der Waals surface area contributed by atoms with Gasteiger partial charge in [0.05, 0.1) is 17.8 Å². The molecule has 1 saturated heterocycles. The number of aliphatic hydroxyl groups is 2. The zero-order valence-corrected chi connectivity index (χ0v) is 10.9. The highest BCUT2D eigenvalue weighted by atomic mass is 19.4. The van der Waals surface area contributed by atoms with E-state index in [2.05, 4.69) is 0 Å². The van der Waals surface area contributed by atoms with Gasteiger partial charge in [-0.1, -0.05) is 12.1 Å². The second kappa shape index (κ2) is 5.87. The largest absolute Gasteiger partial charge is 0.416 e. The summed E-state index contributed by atoms with van der Waals surface area (Å²) in [7, 11) is 0. The number of carbonyl (C=O) groups excluding carboxylic acids is 1. The van der Waals surface area contributed by atoms with Crippen molar-refractivity contribution in [3.8, 4) is 0 Å². The molecular weight excluding hydrogens is 287 g/mol. The third-order valence-corrected chi connectivity index (χ3v) is 3.23. The van der Waals surface area contributed by atoms with Crippen molar-refractivity contribution >= 4 is 12.0 Å². The molecule has 4 nitrogen and oxygen atoms in total. The average Bonchev–Trinajstić information content (AvgIpc) is 2.75. The van der Waals surface area contributed by atoms with Crippen LogP contribution in [0.5, 0.6) is 0 Å². The lowest BCUT2D eigenvalue weighted by molar-refractivity contribution is -0.137. The van der Waals surface area contributed by atoms with Crippen molar-refractivity contribution in [1.29, 1.82) is 0 Å². The maximum atomic E-state index is 12.4. The van der Waals surface area contributed by atoms with Gasteiger partial charge >= 0.3 is 6.18 Å². The van der Waals surface area contributed by atoms with Crippen molar-refractivity contribution in [2.75, 3.05) is 13.1 Å². The van der Waals surface area contributed by atoms with Gasteiger partial charge in [-0.25, -0.2) is 0 Å². The van der Waals surface area contributed by atoms with Gasteiger partial charge in [-0.15, -0.1) is 0 Å². The number of halogens is 3. The second-order valence-corrected chi connectivity index (χ2v) is 4.83. The van der Waals surface area contributed by atoms with E-state index in [1.54, 1.807) is 0 Å². The topological polar surface area (TPSA) is 60.8 Å². The van der Waals surface area contributed by atoms with E-state index in [1.807, 2.05) is 0 Å². The van der Waals surface area contributed by atoms with Crippen LogP contribution in [0.15, 0.2) is 30.3 Å². The fourth-order valence-electron chi connectivity index (χ4n) is 2.01. The monoisotopic (exact) mass is 301 g/mol. The first-order valence-corrected chi connectivity index (χ1v) is 6.28. The van der Waals surface area contributed by atoms with Gasteiger partial charge in [0, 0.05) is 19.2 Å². The Morgan fingerprint density at radius 3 is 2.14 bits per heavy atom. The maximum Gasteiger partial charge on any atom is 0.416 e. The van der Waals surface area contributed by atoms with E-state index >= 15 is 0 Å². The Balaban J connectivity index is 2.00. The second-order valence-electron chi connectivity index (χ2n) is 4.83. The van der Waals surface area contributed by atoms with Crippen LogP contribution in [0.3, 0.4) is 0 Å². The zero-order valence-electron chi connectivity index (χ0n) is 10.9. The third kappa shape index (κ3) is 3.83. The van der Waals surface area contributed by atoms with Crippen LogP contribution in [0.2, 0.25) is 0 Å². The van der Waals surface area contributed by atoms with Gasteiger partial charge in [0.1, 0.15) is 0 Å². The molecule has 21 heavy (non-hydrogen) atoms. The quantitative estimate of drug-likeness (QED) is 0.809. The Hall–Kier alpha value is -1.86. The molecule has 0 saturated carbocycles. The summed E-state index contributed by atoms with van der Waals surface area (Å²) < 4.78 is 37.2. The lowest BCUT2D eigenvalue weighted by Gasteiger charge is -2.12. The van der Waals surface area contributed by atoms with Gasteiger partial charge in [-0.2, -0.15) is 13.2 Å². The molecule has 2 N–H and O–H groups in total. The first-order chi connectivity index (χ1) is 9.77. The third-order valence-electron chi connectivity index (χ3n) is 3.23. The molecule has 0 radical (unpaired) electrons. The molecule has 0 aromatic heterocycles. The first kappa shape index (κ1) is 15.5. The predicted octanol–water partition coefficient (Wildman–Crippen LogP) is 1.28. The van der Waals surface area contributed by atoms with Gasteiger partial charge in [0.25, 0.3) is 0 Å². The van der Waals surface area contributed by atoms with Crippen LogP contribution in [0.1, 0.15) is 11.1 Å². The molecule has 114 valence electrons. The van der Waals surface area contributed by atoms with Crippen molar-refractivity contribution in [1.82, 2.24) is 4.90 Å². The number of aliphatic hydroxyl groups excluding tert-OH is 2. The standard InChI is InChI=1S/C14H14F3NO3/c15-14(16,17)10-4-1-9(2-5-10)3-6-13(21)18-7-11(19)12(20)8-18/h1-6,11-12,19-20H,7-8H2/b6-3+/t11-,12-/m0/s1. The number of likely N-dealkylation sites (tertiary alicyclic amines) is 1. The Kier molecular flexibility index (Phi) is 4.34. The minimum absolute atomic E-state index is 0.0390. The van der Waals surface area contributed by atoms with Gasteiger partial charge < -0.3 is 15.1 Å². The Morgan fingerprint density at radius 1 is 1.14 bits per heavy atom. The summed E-state index contributed by atoms with van der Waals surface area (Å²) in [5.41, 5.74) is -0.298. The lowest BCUT2D eigenvalue weighted by Crippen LogP contribution is -2.27. The highest BCUT2D eigenvalue weighted by Gasteiger charge is 2.31. The minimum atomic E-state index is -4.39. The van der Waals surface area contributed by atoms with Crippen LogP contribution in [0.25, 0.3) is 6.08 Å². The number of carbonyl (C=O) groups is 1. The smallest absolute Gasteiger partial charge is 0.388 e. The zero-order chi connectivity index (χ0) is 15.6. The van der Waals surface area contributed by atoms with Gasteiger partial charge in [0.15, 0.2) is 0 Å². The van der Waals surface area contributed by atoms with E-state index in [1.165, 1.54) is 29.2 Å². The fourth-order valence-corrected chi connectivity index (χ4v) is 2.01. The van der Waals surface area contributed by atoms with Crippen LogP contribution in [0, 0.1) is 0 Å². The van der Waals surface area contributed by atoms with E-state index in [-0.39, 0.29) is 13.1 Å². The van der Waals surface area contributed by atoms with Gasteiger partial charge in [0.2, 0.25) is 5.91 Å². The molecule has 0 aliphatic carbocycles. The number of hydrogen-bond donors (Lipinski definition) is 2. The Labute approximate surface area is 119 Å². The predicted molar refractivity (Wildman–Crippen MR) is 69.1 cm³/mol. The highest BCUT2D eigenvalue weighted by molar-refractivity contribution is 5.92. The summed E-state index contributed by atoms with van der Waals surface area (Å²) >= 11 is 0. The minimum Gasteiger partial charge on any atom is -0.388 e. The van der Waals surface area contributed by atoms with E-state index < -0.39 is 29.9 Å². The van der Waals surface area contributed by atoms with E-state index in [0.29, 0.717) is 5.56 Å². The number of amides is 1. The number of nitrogens with zero attached hydrogens (tertiary/aromatic N) is 1. The molecular formula is C14H14F3NO3. The van der Waals surface area contributed by atoms with Crippen LogP contribution >= 0.6 is 0 Å². The Morgan fingerprint density at radius 2 is 1.67 bits per heavy atom. The first-order valence-electron chi connectivity index (χ1n) is 6.28. The average molecular weight is 301 g/mol. The SMILES string of the molecule is O=C(/C=C/c1ccc(C(F)(F)F)cc1)N1C[C@H](O)[C@@H](O)C1. The van der Waals surface area contributed by atoms with Crippen LogP contribution < -0.4 is 0 Å². The molecule has 1 amide bonds. The van der Waals surface area contributed by atoms with E-state index in [9.17, 15) is 28.2 Å². The summed E-state index contributed by atoms with van der Waals surface area (Å²) in [6, 6.07) is 4.40. The van der Waals surface area contributed by atoms with Crippen molar-refractivity contribution in [2.45, 2.75) is 18.4 Å². The van der Waals surface area contributed by atoms with Gasteiger partial charge in [-0.3, -0.25) is 4.79 Å². The number of alkyl halides is 3. The number of β-amino-alcohol motifs (C(OH)–C–C–N with tert-alkyl or cyclic N) is 2. The summed E-state index contributed by atoms with van der Waals surface area (Å²) in [6.45, 7) is 0.0781. The molecule has 1 heterocycles. The summed E-state index contributed by atoms with van der Waals surface area (Å²) in [4.78, 5) is 13.0. The number of rotatable bonds is 2. The molecule has 1 aliphatic heterocycles. The highest BCUT2D eigenvalue weighted by Crippen LogP contribution is 2.29. The molecule has 1 fully saturated rings. The van der Waals surface area contributed by atoms with Crippen molar-refractivity contribution < 1.29 is 28.2 Å². The molecule has 0 spiro atoms. The molecule has 2 rings (SSSR count). The molecule has 0 bridgehead atoms.